The number of nitrogens with one attached hydrogen (secondary N) is 1. The van der Waals surface area contributed by atoms with E-state index in [0.717, 1.165) is 0 Å². The smallest absolute Gasteiger partial charge is 0.220 e. The molecule has 0 unspecified atom stereocenters. The zero-order valence-corrected chi connectivity index (χ0v) is 21.1. The van der Waals surface area contributed by atoms with E-state index in [-0.39, 0.29) is 35.5 Å². The second-order valence-corrected chi connectivity index (χ2v) is 9.87. The molecule has 1 aliphatic heterocycles. The Labute approximate surface area is 199 Å². The Morgan fingerprint density at radius 1 is 1.23 bits per heavy atom. The third kappa shape index (κ3) is 6.39. The molecule has 1 N–H and O–H groups in total. The summed E-state index contributed by atoms with van der Waals surface area (Å²) in [5, 5.41) is 7.00. The molecule has 1 fully saturated rings. The van der Waals surface area contributed by atoms with E-state index in [4.69, 9.17) is 4.52 Å². The number of sulfonamides is 1. The van der Waals surface area contributed by atoms with Gasteiger partial charge in [0.1, 0.15) is 17.8 Å². The first-order chi connectivity index (χ1) is 14.2. The van der Waals surface area contributed by atoms with Crippen LogP contribution in [0, 0.1) is 5.82 Å². The zero-order valence-electron chi connectivity index (χ0n) is 17.9. The van der Waals surface area contributed by atoms with Crippen LogP contribution < -0.4 is 5.32 Å². The Bertz CT molecular complexity index is 974. The molecular weight excluding hydrogens is 536 g/mol. The van der Waals surface area contributed by atoms with Crippen molar-refractivity contribution in [2.24, 2.45) is 4.99 Å². The highest BCUT2D eigenvalue weighted by molar-refractivity contribution is 14.0. The molecule has 0 atom stereocenters. The molecule has 0 spiro atoms. The lowest BCUT2D eigenvalue weighted by molar-refractivity contribution is 0.258. The van der Waals surface area contributed by atoms with E-state index in [1.165, 1.54) is 16.6 Å². The molecule has 2 aromatic rings. The van der Waals surface area contributed by atoms with Gasteiger partial charge in [-0.15, -0.1) is 24.0 Å². The van der Waals surface area contributed by atoms with Gasteiger partial charge in [-0.2, -0.15) is 4.31 Å². The largest absolute Gasteiger partial charge is 0.364 e. The molecule has 0 aliphatic carbocycles. The highest BCUT2D eigenvalue weighted by atomic mass is 127. The lowest BCUT2D eigenvalue weighted by Gasteiger charge is -2.37. The molecule has 1 aromatic carbocycles. The van der Waals surface area contributed by atoms with E-state index in [9.17, 15) is 12.8 Å². The monoisotopic (exact) mass is 565 g/mol. The molecule has 3 rings (SSSR count). The second-order valence-electron chi connectivity index (χ2n) is 7.90. The van der Waals surface area contributed by atoms with Gasteiger partial charge in [-0.05, 0) is 11.6 Å². The standard InChI is InChI=1S/C20H28FN5O3S.HI/c1-20(2,17-6-4-5-7-18(17)21)15-23-19(22-3)25-9-11-26(12-10-25)30(27,28)14-16-8-13-29-24-16;/h4-8,13H,9-12,14-15H2,1-3H3,(H,22,23);1H. The molecule has 8 nitrogen and oxygen atoms in total. The Hall–Kier alpha value is -1.73. The van der Waals surface area contributed by atoms with Crippen LogP contribution in [0.2, 0.25) is 0 Å². The number of hydrogen-bond acceptors (Lipinski definition) is 5. The number of nitrogens with zero attached hydrogens (tertiary/aromatic N) is 4. The van der Waals surface area contributed by atoms with Crippen molar-refractivity contribution in [1.29, 1.82) is 0 Å². The molecular formula is C20H29FIN5O3S. The van der Waals surface area contributed by atoms with Gasteiger partial charge in [0.2, 0.25) is 10.0 Å². The fourth-order valence-electron chi connectivity index (χ4n) is 3.51. The van der Waals surface area contributed by atoms with Gasteiger partial charge in [0.25, 0.3) is 0 Å². The Balaban J connectivity index is 0.00000341. The summed E-state index contributed by atoms with van der Waals surface area (Å²) in [5.41, 5.74) is 0.589. The normalized spacial score (nSPS) is 16.1. The van der Waals surface area contributed by atoms with Gasteiger partial charge in [0.05, 0.1) is 5.69 Å². The number of hydrogen-bond donors (Lipinski definition) is 1. The van der Waals surface area contributed by atoms with Gasteiger partial charge >= 0.3 is 0 Å². The lowest BCUT2D eigenvalue weighted by atomic mass is 9.84. The van der Waals surface area contributed by atoms with E-state index >= 15 is 0 Å². The Kier molecular flexibility index (Phi) is 8.83. The van der Waals surface area contributed by atoms with E-state index in [1.807, 2.05) is 24.8 Å². The van der Waals surface area contributed by atoms with Crippen LogP contribution in [-0.4, -0.2) is 68.5 Å². The fourth-order valence-corrected chi connectivity index (χ4v) is 4.93. The molecule has 0 amide bonds. The minimum Gasteiger partial charge on any atom is -0.364 e. The van der Waals surface area contributed by atoms with Crippen molar-refractivity contribution in [3.05, 3.63) is 53.7 Å². The van der Waals surface area contributed by atoms with Gasteiger partial charge in [-0.1, -0.05) is 37.2 Å². The van der Waals surface area contributed by atoms with Crippen LogP contribution in [0.5, 0.6) is 0 Å². The number of aromatic nitrogens is 1. The molecule has 1 aromatic heterocycles. The number of benzene rings is 1. The number of guanidine groups is 1. The quantitative estimate of drug-likeness (QED) is 0.329. The van der Waals surface area contributed by atoms with Crippen molar-refractivity contribution in [2.45, 2.75) is 25.0 Å². The second kappa shape index (κ2) is 10.7. The van der Waals surface area contributed by atoms with Crippen molar-refractivity contribution in [3.63, 3.8) is 0 Å². The molecule has 0 bridgehead atoms. The highest BCUT2D eigenvalue weighted by Gasteiger charge is 2.30. The van der Waals surface area contributed by atoms with Crippen LogP contribution in [0.3, 0.4) is 0 Å². The minimum absolute atomic E-state index is 0. The summed E-state index contributed by atoms with van der Waals surface area (Å²) in [5.74, 6) is 0.269. The topological polar surface area (TPSA) is 91.0 Å². The molecule has 1 saturated heterocycles. The summed E-state index contributed by atoms with van der Waals surface area (Å²) in [7, 11) is -1.77. The van der Waals surface area contributed by atoms with Crippen LogP contribution >= 0.6 is 24.0 Å². The lowest BCUT2D eigenvalue weighted by Crippen LogP contribution is -2.55. The third-order valence-corrected chi connectivity index (χ3v) is 7.07. The van der Waals surface area contributed by atoms with Gasteiger partial charge < -0.3 is 14.7 Å². The van der Waals surface area contributed by atoms with Gasteiger partial charge in [-0.3, -0.25) is 4.99 Å². The predicted octanol–water partition coefficient (Wildman–Crippen LogP) is 2.43. The summed E-state index contributed by atoms with van der Waals surface area (Å²) >= 11 is 0. The van der Waals surface area contributed by atoms with Crippen molar-refractivity contribution in [1.82, 2.24) is 19.7 Å². The molecule has 0 radical (unpaired) electrons. The number of aliphatic imine (C=N–C) groups is 1. The van der Waals surface area contributed by atoms with Crippen LogP contribution in [0.4, 0.5) is 4.39 Å². The van der Waals surface area contributed by atoms with E-state index in [1.54, 1.807) is 25.2 Å². The van der Waals surface area contributed by atoms with Crippen LogP contribution in [0.25, 0.3) is 0 Å². The zero-order chi connectivity index (χ0) is 21.8. The number of halogens is 2. The van der Waals surface area contributed by atoms with Gasteiger partial charge in [0.15, 0.2) is 5.96 Å². The molecule has 2 heterocycles. The van der Waals surface area contributed by atoms with Crippen molar-refractivity contribution >= 4 is 40.0 Å². The predicted molar refractivity (Wildman–Crippen MR) is 128 cm³/mol. The molecule has 0 saturated carbocycles. The average Bonchev–Trinajstić information content (AvgIpc) is 3.21. The summed E-state index contributed by atoms with van der Waals surface area (Å²) in [6.45, 7) is 6.18. The number of rotatable bonds is 6. The molecule has 172 valence electrons. The van der Waals surface area contributed by atoms with E-state index < -0.39 is 15.4 Å². The summed E-state index contributed by atoms with van der Waals surface area (Å²) in [6.07, 6.45) is 1.36. The molecule has 31 heavy (non-hydrogen) atoms. The average molecular weight is 565 g/mol. The van der Waals surface area contributed by atoms with Gasteiger partial charge in [0, 0.05) is 51.3 Å². The molecule has 1 aliphatic rings. The Morgan fingerprint density at radius 3 is 2.48 bits per heavy atom. The highest BCUT2D eigenvalue weighted by Crippen LogP contribution is 2.25. The first-order valence-electron chi connectivity index (χ1n) is 9.80. The Morgan fingerprint density at radius 2 is 1.90 bits per heavy atom. The van der Waals surface area contributed by atoms with Crippen molar-refractivity contribution < 1.29 is 17.3 Å². The minimum atomic E-state index is -3.46. The van der Waals surface area contributed by atoms with Crippen LogP contribution in [0.1, 0.15) is 25.1 Å². The summed E-state index contributed by atoms with van der Waals surface area (Å²) in [6, 6.07) is 8.31. The van der Waals surface area contributed by atoms with Crippen LogP contribution in [0.15, 0.2) is 46.1 Å². The first kappa shape index (κ1) is 25.5. The van der Waals surface area contributed by atoms with Crippen LogP contribution in [-0.2, 0) is 21.2 Å². The maximum absolute atomic E-state index is 14.2. The first-order valence-corrected chi connectivity index (χ1v) is 11.4. The SMILES string of the molecule is CN=C(NCC(C)(C)c1ccccc1F)N1CCN(S(=O)(=O)Cc2ccon2)CC1.I. The maximum Gasteiger partial charge on any atom is 0.220 e. The van der Waals surface area contributed by atoms with Gasteiger partial charge in [-0.25, -0.2) is 12.8 Å². The van der Waals surface area contributed by atoms with E-state index in [2.05, 4.69) is 15.5 Å². The van der Waals surface area contributed by atoms with E-state index in [0.29, 0.717) is 49.9 Å². The fraction of sp³-hybridized carbons (Fsp3) is 0.500. The summed E-state index contributed by atoms with van der Waals surface area (Å²) < 4.78 is 45.6. The van der Waals surface area contributed by atoms with Crippen molar-refractivity contribution in [3.8, 4) is 0 Å². The maximum atomic E-state index is 14.2. The molecule has 11 heteroatoms. The van der Waals surface area contributed by atoms with Crippen molar-refractivity contribution in [2.75, 3.05) is 39.8 Å². The third-order valence-electron chi connectivity index (χ3n) is 5.26. The summed E-state index contributed by atoms with van der Waals surface area (Å²) in [4.78, 5) is 6.34. The number of piperazine rings is 1.